The highest BCUT2D eigenvalue weighted by Gasteiger charge is 2.27. The number of carbonyl (C=O) groups excluding carboxylic acids is 1. The number of aryl methyl sites for hydroxylation is 1. The Balaban J connectivity index is 1.31. The van der Waals surface area contributed by atoms with Gasteiger partial charge in [0, 0.05) is 17.5 Å². The molecule has 1 unspecified atom stereocenters. The van der Waals surface area contributed by atoms with E-state index < -0.39 is 0 Å². The number of hydrogen-bond acceptors (Lipinski definition) is 5. The normalized spacial score (nSPS) is 15.9. The molecular weight excluding hydrogens is 404 g/mol. The van der Waals surface area contributed by atoms with Crippen molar-refractivity contribution in [2.75, 3.05) is 13.7 Å². The average Bonchev–Trinajstić information content (AvgIpc) is 3.16. The van der Waals surface area contributed by atoms with E-state index in [4.69, 9.17) is 14.2 Å². The number of methoxy groups -OCH3 is 1. The van der Waals surface area contributed by atoms with Crippen molar-refractivity contribution in [2.24, 2.45) is 0 Å². The molecule has 1 N–H and O–H groups in total. The fraction of sp³-hybridized carbons (Fsp3) is 0.296. The second-order valence-corrected chi connectivity index (χ2v) is 8.52. The number of benzene rings is 3. The molecule has 5 rings (SSSR count). The van der Waals surface area contributed by atoms with Crippen LogP contribution in [0.15, 0.2) is 48.5 Å². The van der Waals surface area contributed by atoms with Crippen LogP contribution in [0, 0.1) is 6.92 Å². The van der Waals surface area contributed by atoms with Gasteiger partial charge in [-0.2, -0.15) is 0 Å². The molecule has 0 saturated heterocycles. The molecule has 3 aromatic carbocycles. The van der Waals surface area contributed by atoms with Gasteiger partial charge in [0.25, 0.3) is 0 Å². The highest BCUT2D eigenvalue weighted by Crippen LogP contribution is 2.42. The molecule has 0 saturated carbocycles. The SMILES string of the molecule is COC(=O)CC1COc2cc(OCc3cccc(-c4c(C)cc(O)c5c4CC5)c3)ccc21. The molecule has 32 heavy (non-hydrogen) atoms. The Morgan fingerprint density at radius 3 is 2.75 bits per heavy atom. The Hall–Kier alpha value is -3.47. The van der Waals surface area contributed by atoms with Crippen molar-refractivity contribution in [1.29, 1.82) is 0 Å². The van der Waals surface area contributed by atoms with Gasteiger partial charge in [0.15, 0.2) is 0 Å². The largest absolute Gasteiger partial charge is 0.508 e. The topological polar surface area (TPSA) is 65.0 Å². The lowest BCUT2D eigenvalue weighted by Crippen LogP contribution is -2.11. The summed E-state index contributed by atoms with van der Waals surface area (Å²) in [4.78, 5) is 11.6. The summed E-state index contributed by atoms with van der Waals surface area (Å²) in [7, 11) is 1.40. The zero-order valence-corrected chi connectivity index (χ0v) is 18.3. The number of carbonyl (C=O) groups is 1. The monoisotopic (exact) mass is 430 g/mol. The smallest absolute Gasteiger partial charge is 0.306 e. The Labute approximate surface area is 187 Å². The van der Waals surface area contributed by atoms with Crippen LogP contribution in [0.5, 0.6) is 17.2 Å². The summed E-state index contributed by atoms with van der Waals surface area (Å²) in [6, 6.07) is 16.0. The van der Waals surface area contributed by atoms with Crippen LogP contribution < -0.4 is 9.47 Å². The summed E-state index contributed by atoms with van der Waals surface area (Å²) in [5.74, 6) is 1.71. The summed E-state index contributed by atoms with van der Waals surface area (Å²) in [6.45, 7) is 2.97. The molecule has 1 atom stereocenters. The Morgan fingerprint density at radius 2 is 1.97 bits per heavy atom. The van der Waals surface area contributed by atoms with Gasteiger partial charge in [0.2, 0.25) is 0 Å². The van der Waals surface area contributed by atoms with Crippen molar-refractivity contribution >= 4 is 5.97 Å². The third kappa shape index (κ3) is 3.68. The van der Waals surface area contributed by atoms with E-state index in [1.165, 1.54) is 18.2 Å². The molecule has 5 nitrogen and oxygen atoms in total. The average molecular weight is 431 g/mol. The Morgan fingerprint density at radius 1 is 1.12 bits per heavy atom. The lowest BCUT2D eigenvalue weighted by molar-refractivity contribution is -0.141. The summed E-state index contributed by atoms with van der Waals surface area (Å²) >= 11 is 0. The fourth-order valence-corrected chi connectivity index (χ4v) is 4.72. The quantitative estimate of drug-likeness (QED) is 0.552. The fourth-order valence-electron chi connectivity index (χ4n) is 4.72. The molecule has 0 bridgehead atoms. The maximum absolute atomic E-state index is 11.6. The highest BCUT2D eigenvalue weighted by molar-refractivity contribution is 5.76. The van der Waals surface area contributed by atoms with Gasteiger partial charge in [-0.05, 0) is 71.3 Å². The van der Waals surface area contributed by atoms with E-state index in [1.807, 2.05) is 24.3 Å². The molecule has 0 radical (unpaired) electrons. The van der Waals surface area contributed by atoms with Crippen molar-refractivity contribution in [3.63, 3.8) is 0 Å². The molecular formula is C27H26O5. The maximum atomic E-state index is 11.6. The number of phenols is 1. The van der Waals surface area contributed by atoms with E-state index in [9.17, 15) is 9.90 Å². The van der Waals surface area contributed by atoms with Crippen LogP contribution in [0.1, 0.15) is 40.2 Å². The standard InChI is InChI=1S/C27H26O5/c1-16-10-24(28)22-8-9-23(22)27(16)18-5-3-4-17(11-18)14-31-20-6-7-21-19(12-26(29)30-2)15-32-25(21)13-20/h3-7,10-11,13,19,28H,8-9,12,14-15H2,1-2H3. The third-order valence-electron chi connectivity index (χ3n) is 6.47. The molecule has 0 aromatic heterocycles. The van der Waals surface area contributed by atoms with Gasteiger partial charge in [0.05, 0.1) is 20.1 Å². The maximum Gasteiger partial charge on any atom is 0.306 e. The number of phenolic OH excluding ortho intramolecular Hbond substituents is 1. The van der Waals surface area contributed by atoms with Gasteiger partial charge in [-0.1, -0.05) is 24.3 Å². The minimum absolute atomic E-state index is 0.0226. The predicted molar refractivity (Wildman–Crippen MR) is 121 cm³/mol. The summed E-state index contributed by atoms with van der Waals surface area (Å²) in [5.41, 5.74) is 7.92. The van der Waals surface area contributed by atoms with E-state index in [0.29, 0.717) is 25.4 Å². The zero-order chi connectivity index (χ0) is 22.2. The molecule has 1 aliphatic carbocycles. The molecule has 164 valence electrons. The first-order valence-electron chi connectivity index (χ1n) is 10.9. The molecule has 1 aliphatic heterocycles. The van der Waals surface area contributed by atoms with E-state index in [0.717, 1.165) is 52.2 Å². The summed E-state index contributed by atoms with van der Waals surface area (Å²) in [5, 5.41) is 10.2. The van der Waals surface area contributed by atoms with E-state index >= 15 is 0 Å². The van der Waals surface area contributed by atoms with Crippen molar-refractivity contribution in [3.8, 4) is 28.4 Å². The van der Waals surface area contributed by atoms with Gasteiger partial charge in [-0.3, -0.25) is 4.79 Å². The lowest BCUT2D eigenvalue weighted by Gasteiger charge is -2.26. The van der Waals surface area contributed by atoms with E-state index in [1.54, 1.807) is 0 Å². The first-order valence-corrected chi connectivity index (χ1v) is 10.9. The number of esters is 1. The van der Waals surface area contributed by atoms with Crippen molar-refractivity contribution in [3.05, 3.63) is 76.3 Å². The van der Waals surface area contributed by atoms with E-state index in [2.05, 4.69) is 31.2 Å². The minimum Gasteiger partial charge on any atom is -0.508 e. The first-order chi connectivity index (χ1) is 15.5. The molecule has 5 heteroatoms. The van der Waals surface area contributed by atoms with Gasteiger partial charge >= 0.3 is 5.97 Å². The lowest BCUT2D eigenvalue weighted by atomic mass is 9.79. The Kier molecular flexibility index (Phi) is 5.25. The van der Waals surface area contributed by atoms with Crippen molar-refractivity contribution in [1.82, 2.24) is 0 Å². The van der Waals surface area contributed by atoms with Crippen molar-refractivity contribution < 1.29 is 24.1 Å². The van der Waals surface area contributed by atoms with Crippen LogP contribution in [-0.4, -0.2) is 24.8 Å². The second kappa shape index (κ2) is 8.23. The predicted octanol–water partition coefficient (Wildman–Crippen LogP) is 5.08. The minimum atomic E-state index is -0.231. The number of hydrogen-bond donors (Lipinski definition) is 1. The summed E-state index contributed by atoms with van der Waals surface area (Å²) in [6.07, 6.45) is 2.27. The van der Waals surface area contributed by atoms with Gasteiger partial charge in [-0.15, -0.1) is 0 Å². The van der Waals surface area contributed by atoms with Crippen LogP contribution in [0.4, 0.5) is 0 Å². The molecule has 2 aliphatic rings. The van der Waals surface area contributed by atoms with Gasteiger partial charge in [-0.25, -0.2) is 0 Å². The second-order valence-electron chi connectivity index (χ2n) is 8.52. The van der Waals surface area contributed by atoms with Crippen LogP contribution in [-0.2, 0) is 29.0 Å². The first kappa shape index (κ1) is 20.4. The van der Waals surface area contributed by atoms with Gasteiger partial charge in [0.1, 0.15) is 23.9 Å². The molecule has 3 aromatic rings. The van der Waals surface area contributed by atoms with Gasteiger partial charge < -0.3 is 19.3 Å². The molecule has 1 heterocycles. The number of aromatic hydroxyl groups is 1. The highest BCUT2D eigenvalue weighted by atomic mass is 16.5. The molecule has 0 amide bonds. The van der Waals surface area contributed by atoms with Crippen LogP contribution in [0.25, 0.3) is 11.1 Å². The number of ether oxygens (including phenoxy) is 3. The number of rotatable bonds is 6. The van der Waals surface area contributed by atoms with Crippen LogP contribution >= 0.6 is 0 Å². The molecule has 0 fully saturated rings. The Bertz CT molecular complexity index is 1200. The van der Waals surface area contributed by atoms with Crippen molar-refractivity contribution in [2.45, 2.75) is 38.7 Å². The van der Waals surface area contributed by atoms with Crippen LogP contribution in [0.2, 0.25) is 0 Å². The summed E-state index contributed by atoms with van der Waals surface area (Å²) < 4.78 is 16.6. The zero-order valence-electron chi connectivity index (χ0n) is 18.3. The molecule has 0 spiro atoms. The van der Waals surface area contributed by atoms with Crippen LogP contribution in [0.3, 0.4) is 0 Å². The van der Waals surface area contributed by atoms with E-state index in [-0.39, 0.29) is 11.9 Å². The third-order valence-corrected chi connectivity index (χ3v) is 6.47. The number of fused-ring (bicyclic) bond motifs is 2.